The lowest BCUT2D eigenvalue weighted by Gasteiger charge is -2.28. The van der Waals surface area contributed by atoms with Gasteiger partial charge in [-0.1, -0.05) is 30.3 Å². The summed E-state index contributed by atoms with van der Waals surface area (Å²) in [7, 11) is 0. The summed E-state index contributed by atoms with van der Waals surface area (Å²) in [6.07, 6.45) is 0.0309. The average molecular weight is 607 g/mol. The van der Waals surface area contributed by atoms with Crippen LogP contribution in [0.4, 0.5) is 17.6 Å². The van der Waals surface area contributed by atoms with Crippen molar-refractivity contribution in [3.8, 4) is 0 Å². The van der Waals surface area contributed by atoms with Crippen LogP contribution in [0.25, 0.3) is 0 Å². The Bertz CT molecular complexity index is 1060. The molecule has 4 atom stereocenters. The Labute approximate surface area is 239 Å². The molecule has 2 fully saturated rings. The Hall–Kier alpha value is -3.18. The first-order chi connectivity index (χ1) is 20.0. The number of amides is 3. The number of alkyl halides is 4. The predicted molar refractivity (Wildman–Crippen MR) is 136 cm³/mol. The maximum absolute atomic E-state index is 13.2. The van der Waals surface area contributed by atoms with Gasteiger partial charge in [0.2, 0.25) is 17.7 Å². The van der Waals surface area contributed by atoms with Crippen LogP contribution in [0.3, 0.4) is 0 Å². The van der Waals surface area contributed by atoms with E-state index in [1.54, 1.807) is 35.2 Å². The third-order valence-electron chi connectivity index (χ3n) is 6.55. The average Bonchev–Trinajstić information content (AvgIpc) is 3.71. The SMILES string of the molecule is C[C@@]1(C(=O)[C@H](Cc2ccccc2)NC(=O)[C@H](COC(F)F)NC(=O)[C@H](COC(F)F)NC(=O)CN2CCOCC2)CO1. The van der Waals surface area contributed by atoms with Crippen LogP contribution in [0, 0.1) is 0 Å². The summed E-state index contributed by atoms with van der Waals surface area (Å²) in [6.45, 7) is -5.51. The number of nitrogens with one attached hydrogen (secondary N) is 3. The Kier molecular flexibility index (Phi) is 12.6. The van der Waals surface area contributed by atoms with E-state index in [-0.39, 0.29) is 19.6 Å². The minimum atomic E-state index is -3.32. The third-order valence-corrected chi connectivity index (χ3v) is 6.55. The second kappa shape index (κ2) is 15.9. The van der Waals surface area contributed by atoms with E-state index in [0.717, 1.165) is 0 Å². The van der Waals surface area contributed by atoms with Crippen LogP contribution >= 0.6 is 0 Å². The number of morpholine rings is 1. The fourth-order valence-corrected chi connectivity index (χ4v) is 4.13. The number of Topliss-reactive ketones (excluding diaryl/α,β-unsaturated/α-hetero) is 1. The molecule has 0 radical (unpaired) electrons. The quantitative estimate of drug-likeness (QED) is 0.163. The topological polar surface area (TPSA) is 148 Å². The standard InChI is InChI=1S/C26H34F4N4O8/c1-26(15-42-26)21(36)17(11-16-5-3-2-4-6-16)32-23(38)19(14-41-25(29)30)33-22(37)18(13-40-24(27)28)31-20(35)12-34-7-9-39-10-8-34/h2-6,17-19,24-25H,7-15H2,1H3,(H,31,35)(H,32,38)(H,33,37)/t17-,18-,19-,26-/m0/s1. The van der Waals surface area contributed by atoms with Crippen molar-refractivity contribution in [1.29, 1.82) is 0 Å². The highest BCUT2D eigenvalue weighted by Crippen LogP contribution is 2.29. The number of carbonyl (C=O) groups excluding carboxylic acids is 4. The van der Waals surface area contributed by atoms with Gasteiger partial charge in [0.15, 0.2) is 5.78 Å². The number of ether oxygens (including phenoxy) is 4. The number of ketones is 1. The van der Waals surface area contributed by atoms with Gasteiger partial charge in [0.05, 0.1) is 45.6 Å². The van der Waals surface area contributed by atoms with E-state index in [1.807, 2.05) is 0 Å². The smallest absolute Gasteiger partial charge is 0.345 e. The number of hydrogen-bond donors (Lipinski definition) is 3. The number of nitrogens with zero attached hydrogens (tertiary/aromatic N) is 1. The molecule has 0 bridgehead atoms. The summed E-state index contributed by atoms with van der Waals surface area (Å²) in [5.74, 6) is -3.41. The Morgan fingerprint density at radius 3 is 1.93 bits per heavy atom. The molecule has 2 aliphatic rings. The molecule has 3 rings (SSSR count). The highest BCUT2D eigenvalue weighted by molar-refractivity contribution is 5.98. The van der Waals surface area contributed by atoms with Crippen molar-refractivity contribution >= 4 is 23.5 Å². The predicted octanol–water partition coefficient (Wildman–Crippen LogP) is -0.148. The number of rotatable bonds is 17. The van der Waals surface area contributed by atoms with Crippen LogP contribution in [0.15, 0.2) is 30.3 Å². The Morgan fingerprint density at radius 2 is 1.40 bits per heavy atom. The van der Waals surface area contributed by atoms with E-state index >= 15 is 0 Å². The van der Waals surface area contributed by atoms with Gasteiger partial charge in [-0.05, 0) is 18.9 Å². The van der Waals surface area contributed by atoms with Gasteiger partial charge < -0.3 is 34.9 Å². The zero-order valence-electron chi connectivity index (χ0n) is 22.9. The minimum absolute atomic E-state index is 0.0309. The molecule has 0 saturated carbocycles. The second-order valence-electron chi connectivity index (χ2n) is 9.89. The van der Waals surface area contributed by atoms with Gasteiger partial charge in [0.25, 0.3) is 0 Å². The molecule has 0 spiro atoms. The van der Waals surface area contributed by atoms with Crippen molar-refractivity contribution < 1.29 is 55.7 Å². The van der Waals surface area contributed by atoms with Gasteiger partial charge in [-0.3, -0.25) is 24.1 Å². The fraction of sp³-hybridized carbons (Fsp3) is 0.615. The number of epoxide rings is 1. The van der Waals surface area contributed by atoms with Gasteiger partial charge in [-0.15, -0.1) is 0 Å². The monoisotopic (exact) mass is 606 g/mol. The molecular formula is C26H34F4N4O8. The molecular weight excluding hydrogens is 572 g/mol. The van der Waals surface area contributed by atoms with Crippen LogP contribution in [-0.2, 0) is 44.5 Å². The van der Waals surface area contributed by atoms with Crippen molar-refractivity contribution in [2.24, 2.45) is 0 Å². The normalized spacial score (nSPS) is 20.9. The molecule has 0 aliphatic carbocycles. The van der Waals surface area contributed by atoms with Gasteiger partial charge in [-0.25, -0.2) is 0 Å². The first-order valence-electron chi connectivity index (χ1n) is 13.2. The molecule has 1 aromatic rings. The molecule has 2 aliphatic heterocycles. The number of benzene rings is 1. The zero-order valence-corrected chi connectivity index (χ0v) is 22.9. The fourth-order valence-electron chi connectivity index (χ4n) is 4.13. The van der Waals surface area contributed by atoms with Crippen molar-refractivity contribution in [3.05, 3.63) is 35.9 Å². The first-order valence-corrected chi connectivity index (χ1v) is 13.2. The summed E-state index contributed by atoms with van der Waals surface area (Å²) >= 11 is 0. The maximum atomic E-state index is 13.2. The maximum Gasteiger partial charge on any atom is 0.345 e. The van der Waals surface area contributed by atoms with Crippen LogP contribution in [0.1, 0.15) is 12.5 Å². The summed E-state index contributed by atoms with van der Waals surface area (Å²) in [6, 6.07) is 3.97. The van der Waals surface area contributed by atoms with Crippen molar-refractivity contribution in [1.82, 2.24) is 20.9 Å². The summed E-state index contributed by atoms with van der Waals surface area (Å²) in [5, 5.41) is 6.87. The molecule has 0 aromatic heterocycles. The minimum Gasteiger partial charge on any atom is -0.379 e. The Balaban J connectivity index is 1.72. The lowest BCUT2D eigenvalue weighted by atomic mass is 9.94. The van der Waals surface area contributed by atoms with Crippen molar-refractivity contribution in [2.75, 3.05) is 52.7 Å². The number of hydrogen-bond acceptors (Lipinski definition) is 9. The molecule has 12 nitrogen and oxygen atoms in total. The van der Waals surface area contributed by atoms with Crippen LogP contribution in [0.2, 0.25) is 0 Å². The number of carbonyl (C=O) groups is 4. The third kappa shape index (κ3) is 10.9. The van der Waals surface area contributed by atoms with Crippen LogP contribution < -0.4 is 16.0 Å². The lowest BCUT2D eigenvalue weighted by molar-refractivity contribution is -0.153. The summed E-state index contributed by atoms with van der Waals surface area (Å²) in [5.41, 5.74) is -0.468. The summed E-state index contributed by atoms with van der Waals surface area (Å²) in [4.78, 5) is 53.6. The Morgan fingerprint density at radius 1 is 0.881 bits per heavy atom. The molecule has 234 valence electrons. The second-order valence-corrected chi connectivity index (χ2v) is 9.89. The van der Waals surface area contributed by atoms with Gasteiger partial charge >= 0.3 is 13.2 Å². The van der Waals surface area contributed by atoms with Crippen molar-refractivity contribution in [3.63, 3.8) is 0 Å². The first kappa shape index (κ1) is 33.3. The molecule has 42 heavy (non-hydrogen) atoms. The molecule has 2 saturated heterocycles. The zero-order chi connectivity index (χ0) is 30.7. The van der Waals surface area contributed by atoms with E-state index in [2.05, 4.69) is 25.4 Å². The molecule has 1 aromatic carbocycles. The molecule has 2 heterocycles. The number of halogens is 4. The molecule has 3 N–H and O–H groups in total. The largest absolute Gasteiger partial charge is 0.379 e. The highest BCUT2D eigenvalue weighted by Gasteiger charge is 2.50. The molecule has 16 heteroatoms. The van der Waals surface area contributed by atoms with Gasteiger partial charge in [-0.2, -0.15) is 17.6 Å². The van der Waals surface area contributed by atoms with Gasteiger partial charge in [0, 0.05) is 13.1 Å². The molecule has 3 amide bonds. The van der Waals surface area contributed by atoms with E-state index in [9.17, 15) is 36.7 Å². The highest BCUT2D eigenvalue weighted by atomic mass is 19.3. The molecule has 0 unspecified atom stereocenters. The van der Waals surface area contributed by atoms with E-state index < -0.39 is 73.7 Å². The van der Waals surface area contributed by atoms with Crippen LogP contribution in [0.5, 0.6) is 0 Å². The van der Waals surface area contributed by atoms with E-state index in [0.29, 0.717) is 31.9 Å². The van der Waals surface area contributed by atoms with E-state index in [1.165, 1.54) is 6.92 Å². The van der Waals surface area contributed by atoms with Gasteiger partial charge in [0.1, 0.15) is 17.7 Å². The lowest BCUT2D eigenvalue weighted by Crippen LogP contribution is -2.59. The van der Waals surface area contributed by atoms with Crippen LogP contribution in [-0.4, -0.2) is 118 Å². The van der Waals surface area contributed by atoms with Crippen molar-refractivity contribution in [2.45, 2.75) is 50.3 Å². The summed E-state index contributed by atoms with van der Waals surface area (Å²) < 4.78 is 70.2. The van der Waals surface area contributed by atoms with E-state index in [4.69, 9.17) is 9.47 Å².